The van der Waals surface area contributed by atoms with Crippen molar-refractivity contribution >= 4 is 32.1 Å². The molecule has 2 rings (SSSR count). The van der Waals surface area contributed by atoms with Gasteiger partial charge in [0.15, 0.2) is 0 Å². The van der Waals surface area contributed by atoms with Crippen molar-refractivity contribution in [3.8, 4) is 0 Å². The summed E-state index contributed by atoms with van der Waals surface area (Å²) in [4.78, 5) is 0. The van der Waals surface area contributed by atoms with E-state index in [2.05, 4.69) is 52.3 Å². The van der Waals surface area contributed by atoms with E-state index in [-0.39, 0.29) is 0 Å². The van der Waals surface area contributed by atoms with Gasteiger partial charge in [-0.15, -0.1) is 22.7 Å². The van der Waals surface area contributed by atoms with Crippen molar-refractivity contribution in [2.24, 2.45) is 10.8 Å². The van der Waals surface area contributed by atoms with Crippen molar-refractivity contribution in [2.45, 2.75) is 60.8 Å². The standard InChI is InChI=1S/C17H26S2/c1-7-17(5,6)9-13-11-19-14-12(8-16(2,3)4)10-18-15(13)14/h10-11H,7-9H2,1-6H3. The first kappa shape index (κ1) is 15.1. The van der Waals surface area contributed by atoms with E-state index in [9.17, 15) is 0 Å². The predicted molar refractivity (Wildman–Crippen MR) is 90.6 cm³/mol. The van der Waals surface area contributed by atoms with Gasteiger partial charge in [0.2, 0.25) is 0 Å². The van der Waals surface area contributed by atoms with Crippen molar-refractivity contribution in [3.63, 3.8) is 0 Å². The molecule has 0 spiro atoms. The molecule has 0 aliphatic carbocycles. The van der Waals surface area contributed by atoms with Crippen LogP contribution in [0.5, 0.6) is 0 Å². The molecule has 0 atom stereocenters. The molecule has 2 heteroatoms. The van der Waals surface area contributed by atoms with Gasteiger partial charge in [0.25, 0.3) is 0 Å². The summed E-state index contributed by atoms with van der Waals surface area (Å²) in [5.74, 6) is 0. The van der Waals surface area contributed by atoms with E-state index in [0.717, 1.165) is 0 Å². The van der Waals surface area contributed by atoms with Gasteiger partial charge in [-0.1, -0.05) is 48.0 Å². The average molecular weight is 295 g/mol. The van der Waals surface area contributed by atoms with Crippen LogP contribution in [0.3, 0.4) is 0 Å². The summed E-state index contributed by atoms with van der Waals surface area (Å²) in [6.45, 7) is 14.0. The van der Waals surface area contributed by atoms with Crippen LogP contribution >= 0.6 is 22.7 Å². The summed E-state index contributed by atoms with van der Waals surface area (Å²) in [6, 6.07) is 0. The molecule has 0 aromatic carbocycles. The lowest BCUT2D eigenvalue weighted by Gasteiger charge is -2.21. The molecule has 0 amide bonds. The number of fused-ring (bicyclic) bond motifs is 1. The molecule has 0 aliphatic rings. The highest BCUT2D eigenvalue weighted by Crippen LogP contribution is 2.40. The maximum absolute atomic E-state index is 2.39. The maximum atomic E-state index is 2.39. The molecule has 0 nitrogen and oxygen atoms in total. The molecule has 2 aromatic heterocycles. The SMILES string of the molecule is CCC(C)(C)Cc1csc2c(CC(C)(C)C)csc12. The van der Waals surface area contributed by atoms with Gasteiger partial charge in [0, 0.05) is 9.40 Å². The zero-order chi connectivity index (χ0) is 14.3. The molecule has 19 heavy (non-hydrogen) atoms. The first-order chi connectivity index (χ1) is 8.72. The zero-order valence-corrected chi connectivity index (χ0v) is 14.7. The first-order valence-electron chi connectivity index (χ1n) is 7.18. The first-order valence-corrected chi connectivity index (χ1v) is 8.94. The minimum absolute atomic E-state index is 0.376. The van der Waals surface area contributed by atoms with E-state index in [1.165, 1.54) is 19.3 Å². The molecule has 0 bridgehead atoms. The Labute approximate surface area is 125 Å². The van der Waals surface area contributed by atoms with Crippen LogP contribution in [0, 0.1) is 10.8 Å². The second-order valence-electron chi connectivity index (χ2n) is 7.61. The van der Waals surface area contributed by atoms with Gasteiger partial charge in [-0.05, 0) is 45.6 Å². The quantitative estimate of drug-likeness (QED) is 0.601. The van der Waals surface area contributed by atoms with E-state index in [0.29, 0.717) is 10.8 Å². The third-order valence-electron chi connectivity index (χ3n) is 3.77. The summed E-state index contributed by atoms with van der Waals surface area (Å²) < 4.78 is 3.09. The number of hydrogen-bond donors (Lipinski definition) is 0. The molecule has 0 unspecified atom stereocenters. The topological polar surface area (TPSA) is 0 Å². The van der Waals surface area contributed by atoms with Crippen molar-refractivity contribution in [2.75, 3.05) is 0 Å². The smallest absolute Gasteiger partial charge is 0.0485 e. The van der Waals surface area contributed by atoms with Gasteiger partial charge in [-0.25, -0.2) is 0 Å². The molecule has 0 radical (unpaired) electrons. The fourth-order valence-corrected chi connectivity index (χ4v) is 4.77. The number of hydrogen-bond acceptors (Lipinski definition) is 2. The highest BCUT2D eigenvalue weighted by atomic mass is 32.1. The lowest BCUT2D eigenvalue weighted by atomic mass is 9.84. The minimum atomic E-state index is 0.376. The van der Waals surface area contributed by atoms with E-state index >= 15 is 0 Å². The van der Waals surface area contributed by atoms with Gasteiger partial charge < -0.3 is 0 Å². The highest BCUT2D eigenvalue weighted by molar-refractivity contribution is 7.26. The van der Waals surface area contributed by atoms with Gasteiger partial charge in [-0.3, -0.25) is 0 Å². The Morgan fingerprint density at radius 2 is 1.32 bits per heavy atom. The molecular weight excluding hydrogens is 268 g/mol. The lowest BCUT2D eigenvalue weighted by Crippen LogP contribution is -2.12. The van der Waals surface area contributed by atoms with Crippen LogP contribution in [0.4, 0.5) is 0 Å². The minimum Gasteiger partial charge on any atom is -0.142 e. The summed E-state index contributed by atoms with van der Waals surface area (Å²) in [5, 5.41) is 4.78. The summed E-state index contributed by atoms with van der Waals surface area (Å²) >= 11 is 3.90. The molecule has 106 valence electrons. The molecular formula is C17H26S2. The van der Waals surface area contributed by atoms with Crippen LogP contribution in [0.1, 0.15) is 59.1 Å². The maximum Gasteiger partial charge on any atom is 0.0485 e. The zero-order valence-electron chi connectivity index (χ0n) is 13.1. The van der Waals surface area contributed by atoms with E-state index < -0.39 is 0 Å². The van der Waals surface area contributed by atoms with Crippen molar-refractivity contribution in [1.29, 1.82) is 0 Å². The van der Waals surface area contributed by atoms with E-state index in [4.69, 9.17) is 0 Å². The Bertz CT molecular complexity index is 549. The van der Waals surface area contributed by atoms with Crippen LogP contribution in [-0.4, -0.2) is 0 Å². The van der Waals surface area contributed by atoms with Gasteiger partial charge in [0.1, 0.15) is 0 Å². The molecule has 0 saturated heterocycles. The van der Waals surface area contributed by atoms with Gasteiger partial charge in [0.05, 0.1) is 0 Å². The average Bonchev–Trinajstić information content (AvgIpc) is 2.81. The number of thiophene rings is 2. The van der Waals surface area contributed by atoms with Gasteiger partial charge in [-0.2, -0.15) is 0 Å². The Morgan fingerprint density at radius 3 is 1.74 bits per heavy atom. The van der Waals surface area contributed by atoms with Crippen LogP contribution in [0.25, 0.3) is 9.40 Å². The van der Waals surface area contributed by atoms with Crippen LogP contribution in [0.2, 0.25) is 0 Å². The predicted octanol–water partition coefficient (Wildman–Crippen LogP) is 6.53. The molecule has 0 N–H and O–H groups in total. The molecule has 2 heterocycles. The Hall–Kier alpha value is -0.340. The summed E-state index contributed by atoms with van der Waals surface area (Å²) in [7, 11) is 0. The molecule has 0 aliphatic heterocycles. The fraction of sp³-hybridized carbons (Fsp3) is 0.647. The van der Waals surface area contributed by atoms with E-state index in [1.54, 1.807) is 20.5 Å². The normalized spacial score (nSPS) is 13.4. The lowest BCUT2D eigenvalue weighted by molar-refractivity contribution is 0.351. The highest BCUT2D eigenvalue weighted by Gasteiger charge is 2.21. The third-order valence-corrected chi connectivity index (χ3v) is 6.11. The van der Waals surface area contributed by atoms with Crippen LogP contribution < -0.4 is 0 Å². The van der Waals surface area contributed by atoms with Crippen LogP contribution in [-0.2, 0) is 12.8 Å². The van der Waals surface area contributed by atoms with Crippen molar-refractivity contribution in [1.82, 2.24) is 0 Å². The monoisotopic (exact) mass is 294 g/mol. The van der Waals surface area contributed by atoms with Crippen molar-refractivity contribution in [3.05, 3.63) is 21.9 Å². The second-order valence-corrected chi connectivity index (χ2v) is 9.37. The largest absolute Gasteiger partial charge is 0.142 e. The Balaban J connectivity index is 2.30. The number of rotatable bonds is 4. The third kappa shape index (κ3) is 3.61. The fourth-order valence-electron chi connectivity index (χ4n) is 2.37. The van der Waals surface area contributed by atoms with E-state index in [1.807, 2.05) is 22.7 Å². The molecule has 0 saturated carbocycles. The second kappa shape index (κ2) is 5.21. The Kier molecular flexibility index (Phi) is 4.13. The van der Waals surface area contributed by atoms with Crippen molar-refractivity contribution < 1.29 is 0 Å². The summed E-state index contributed by atoms with van der Waals surface area (Å²) in [5.41, 5.74) is 3.92. The molecule has 0 fully saturated rings. The summed E-state index contributed by atoms with van der Waals surface area (Å²) in [6.07, 6.45) is 3.63. The molecule has 2 aromatic rings. The van der Waals surface area contributed by atoms with Crippen LogP contribution in [0.15, 0.2) is 10.8 Å². The Morgan fingerprint density at radius 1 is 0.842 bits per heavy atom. The van der Waals surface area contributed by atoms with Gasteiger partial charge >= 0.3 is 0 Å².